The fourth-order valence-electron chi connectivity index (χ4n) is 7.09. The Hall–Kier alpha value is -2.60. The smallest absolute Gasteiger partial charge is 0.410 e. The van der Waals surface area contributed by atoms with Crippen LogP contribution in [0.5, 0.6) is 0 Å². The molecule has 1 aromatic carbocycles. The van der Waals surface area contributed by atoms with Crippen molar-refractivity contribution in [2.75, 3.05) is 13.3 Å². The Kier molecular flexibility index (Phi) is 7.49. The quantitative estimate of drug-likeness (QED) is 0.309. The highest BCUT2D eigenvalue weighted by molar-refractivity contribution is 5.71. The van der Waals surface area contributed by atoms with Crippen LogP contribution in [0.15, 0.2) is 53.6 Å². The molecule has 200 valence electrons. The number of carbonyl (C=O) groups is 2. The minimum absolute atomic E-state index is 0.0211. The average Bonchev–Trinajstić information content (AvgIpc) is 2.92. The summed E-state index contributed by atoms with van der Waals surface area (Å²) in [5.74, 6) is 0.134. The van der Waals surface area contributed by atoms with Crippen molar-refractivity contribution in [3.8, 4) is 0 Å². The Morgan fingerprint density at radius 3 is 2.73 bits per heavy atom. The molecule has 37 heavy (non-hydrogen) atoms. The van der Waals surface area contributed by atoms with Crippen molar-refractivity contribution >= 4 is 12.1 Å². The van der Waals surface area contributed by atoms with Crippen LogP contribution in [0, 0.1) is 17.3 Å². The summed E-state index contributed by atoms with van der Waals surface area (Å²) in [6.07, 6.45) is 12.3. The van der Waals surface area contributed by atoms with Gasteiger partial charge >= 0.3 is 12.1 Å². The number of carbonyl (C=O) groups excluding carboxylic acids is 2. The molecule has 1 aliphatic heterocycles. The van der Waals surface area contributed by atoms with Gasteiger partial charge in [-0.05, 0) is 61.5 Å². The van der Waals surface area contributed by atoms with Gasteiger partial charge in [0, 0.05) is 19.0 Å². The van der Waals surface area contributed by atoms with Crippen molar-refractivity contribution < 1.29 is 23.8 Å². The van der Waals surface area contributed by atoms with Gasteiger partial charge in [-0.2, -0.15) is 0 Å². The number of allylic oxidation sites excluding steroid dienone is 1. The van der Waals surface area contributed by atoms with Crippen molar-refractivity contribution in [2.24, 2.45) is 17.3 Å². The molecule has 5 atom stereocenters. The molecule has 1 saturated heterocycles. The molecule has 3 aliphatic carbocycles. The predicted octanol–water partition coefficient (Wildman–Crippen LogP) is 6.56. The van der Waals surface area contributed by atoms with Crippen LogP contribution in [0.25, 0.3) is 0 Å². The maximum Gasteiger partial charge on any atom is 0.410 e. The molecule has 2 bridgehead atoms. The lowest BCUT2D eigenvalue weighted by Gasteiger charge is -2.60. The van der Waals surface area contributed by atoms with E-state index in [2.05, 4.69) is 19.1 Å². The maximum absolute atomic E-state index is 13.3. The van der Waals surface area contributed by atoms with Crippen molar-refractivity contribution in [1.29, 1.82) is 0 Å². The van der Waals surface area contributed by atoms with Crippen LogP contribution in [-0.4, -0.2) is 41.9 Å². The molecule has 4 aliphatic rings. The lowest BCUT2D eigenvalue weighted by atomic mass is 9.50. The molecule has 0 spiro atoms. The summed E-state index contributed by atoms with van der Waals surface area (Å²) in [5, 5.41) is 0. The van der Waals surface area contributed by atoms with Crippen molar-refractivity contribution in [1.82, 2.24) is 4.90 Å². The van der Waals surface area contributed by atoms with Gasteiger partial charge in [-0.25, -0.2) is 4.79 Å². The number of hydrogen-bond donors (Lipinski definition) is 0. The molecule has 6 heteroatoms. The van der Waals surface area contributed by atoms with Crippen LogP contribution < -0.4 is 0 Å². The lowest BCUT2D eigenvalue weighted by Crippen LogP contribution is -2.60. The number of likely N-dealkylation sites (tertiary alicyclic amines) is 1. The summed E-state index contributed by atoms with van der Waals surface area (Å²) >= 11 is 0. The van der Waals surface area contributed by atoms with Crippen LogP contribution in [0.3, 0.4) is 0 Å². The Morgan fingerprint density at radius 1 is 1.14 bits per heavy atom. The van der Waals surface area contributed by atoms with Crippen LogP contribution in [-0.2, 0) is 25.6 Å². The fraction of sp³-hybridized carbons (Fsp3) is 0.613. The van der Waals surface area contributed by atoms with E-state index in [0.717, 1.165) is 44.2 Å². The zero-order valence-electron chi connectivity index (χ0n) is 22.5. The SMILES string of the molecule is CCC(C)C(=O)OCOC1(C)C=CC2=C(C1)[C@]13CCCC[C@@H]1[C@H](C2)N(C(=O)OCc1ccccc1)CC3. The van der Waals surface area contributed by atoms with Gasteiger partial charge in [-0.1, -0.05) is 74.7 Å². The van der Waals surface area contributed by atoms with Gasteiger partial charge in [0.25, 0.3) is 0 Å². The van der Waals surface area contributed by atoms with E-state index in [1.54, 1.807) is 0 Å². The third kappa shape index (κ3) is 5.09. The third-order valence-electron chi connectivity index (χ3n) is 9.39. The van der Waals surface area contributed by atoms with Gasteiger partial charge in [-0.3, -0.25) is 4.79 Å². The Labute approximate surface area is 221 Å². The van der Waals surface area contributed by atoms with Crippen molar-refractivity contribution in [2.45, 2.75) is 90.4 Å². The van der Waals surface area contributed by atoms with Gasteiger partial charge in [0.2, 0.25) is 0 Å². The second-order valence-electron chi connectivity index (χ2n) is 11.6. The molecule has 0 radical (unpaired) electrons. The van der Waals surface area contributed by atoms with E-state index in [4.69, 9.17) is 14.2 Å². The second-order valence-corrected chi connectivity index (χ2v) is 11.6. The van der Waals surface area contributed by atoms with Crippen LogP contribution in [0.2, 0.25) is 0 Å². The number of ether oxygens (including phenoxy) is 3. The van der Waals surface area contributed by atoms with E-state index >= 15 is 0 Å². The zero-order chi connectivity index (χ0) is 26.0. The Morgan fingerprint density at radius 2 is 1.95 bits per heavy atom. The summed E-state index contributed by atoms with van der Waals surface area (Å²) in [5.41, 5.74) is 3.52. The molecule has 2 unspecified atom stereocenters. The second kappa shape index (κ2) is 10.6. The van der Waals surface area contributed by atoms with Crippen LogP contribution in [0.4, 0.5) is 4.79 Å². The first kappa shape index (κ1) is 26.0. The normalized spacial score (nSPS) is 31.3. The monoisotopic (exact) mass is 507 g/mol. The van der Waals surface area contributed by atoms with Gasteiger partial charge < -0.3 is 19.1 Å². The molecule has 6 nitrogen and oxygen atoms in total. The number of benzene rings is 1. The molecule has 5 rings (SSSR count). The highest BCUT2D eigenvalue weighted by Gasteiger charge is 2.57. The first-order chi connectivity index (χ1) is 17.8. The molecule has 1 saturated carbocycles. The zero-order valence-corrected chi connectivity index (χ0v) is 22.5. The van der Waals surface area contributed by atoms with Crippen molar-refractivity contribution in [3.63, 3.8) is 0 Å². The lowest BCUT2D eigenvalue weighted by molar-refractivity contribution is -0.170. The van der Waals surface area contributed by atoms with E-state index in [1.807, 2.05) is 49.1 Å². The summed E-state index contributed by atoms with van der Waals surface area (Å²) < 4.78 is 17.4. The van der Waals surface area contributed by atoms with Gasteiger partial charge in [0.15, 0.2) is 6.79 Å². The summed E-state index contributed by atoms with van der Waals surface area (Å²) in [6, 6.07) is 10.1. The first-order valence-electron chi connectivity index (χ1n) is 14.0. The van der Waals surface area contributed by atoms with Gasteiger partial charge in [-0.15, -0.1) is 0 Å². The fourth-order valence-corrected chi connectivity index (χ4v) is 7.09. The molecular formula is C31H41NO5. The molecule has 0 N–H and O–H groups in total. The standard InChI is InChI=1S/C31H41NO5/c1-4-22(2)28(33)36-21-37-30(3)15-13-24-18-27-25-12-8-9-14-31(25,26(24)19-30)16-17-32(27)29(34)35-20-23-10-6-5-7-11-23/h5-7,10-11,13,15,22,25,27H,4,8-9,12,14,16-21H2,1-3H3/t22?,25-,27+,30?,31+/m1/s1. The molecule has 2 fully saturated rings. The minimum atomic E-state index is -0.496. The number of piperidine rings is 1. The molecule has 1 aromatic rings. The Balaban J connectivity index is 1.30. The number of esters is 1. The highest BCUT2D eigenvalue weighted by atomic mass is 16.7. The molecular weight excluding hydrogens is 466 g/mol. The van der Waals surface area contributed by atoms with Crippen LogP contribution >= 0.6 is 0 Å². The van der Waals surface area contributed by atoms with E-state index in [0.29, 0.717) is 12.5 Å². The average molecular weight is 508 g/mol. The summed E-state index contributed by atoms with van der Waals surface area (Å²) in [6.45, 7) is 6.99. The minimum Gasteiger partial charge on any atom is -0.445 e. The number of rotatable bonds is 7. The van der Waals surface area contributed by atoms with E-state index in [1.165, 1.54) is 30.4 Å². The van der Waals surface area contributed by atoms with Gasteiger partial charge in [0.05, 0.1) is 11.5 Å². The highest BCUT2D eigenvalue weighted by Crippen LogP contribution is 2.61. The van der Waals surface area contributed by atoms with Crippen molar-refractivity contribution in [3.05, 3.63) is 59.2 Å². The summed E-state index contributed by atoms with van der Waals surface area (Å²) in [4.78, 5) is 27.4. The first-order valence-corrected chi connectivity index (χ1v) is 14.0. The largest absolute Gasteiger partial charge is 0.445 e. The molecule has 0 aromatic heterocycles. The number of amides is 1. The molecule has 1 heterocycles. The third-order valence-corrected chi connectivity index (χ3v) is 9.39. The van der Waals surface area contributed by atoms with Crippen LogP contribution in [0.1, 0.15) is 77.7 Å². The predicted molar refractivity (Wildman–Crippen MR) is 141 cm³/mol. The van der Waals surface area contributed by atoms with Gasteiger partial charge in [0.1, 0.15) is 6.61 Å². The number of hydrogen-bond acceptors (Lipinski definition) is 5. The molecule has 1 amide bonds. The van der Waals surface area contributed by atoms with E-state index in [9.17, 15) is 9.59 Å². The number of nitrogens with zero attached hydrogens (tertiary/aromatic N) is 1. The summed E-state index contributed by atoms with van der Waals surface area (Å²) in [7, 11) is 0. The van der Waals surface area contributed by atoms with E-state index in [-0.39, 0.29) is 36.2 Å². The Bertz CT molecular complexity index is 1060. The maximum atomic E-state index is 13.3. The van der Waals surface area contributed by atoms with E-state index < -0.39 is 5.60 Å². The topological polar surface area (TPSA) is 65.1 Å².